The third-order valence-electron chi connectivity index (χ3n) is 4.62. The van der Waals surface area contributed by atoms with Crippen molar-refractivity contribution in [3.63, 3.8) is 0 Å². The van der Waals surface area contributed by atoms with E-state index in [-0.39, 0.29) is 12.1 Å². The highest BCUT2D eigenvalue weighted by molar-refractivity contribution is 7.17. The first-order valence-corrected chi connectivity index (χ1v) is 9.90. The molecule has 3 aromatic heterocycles. The third-order valence-corrected chi connectivity index (χ3v) is 5.47. The van der Waals surface area contributed by atoms with Crippen LogP contribution in [0.5, 0.6) is 0 Å². The number of hydrogen-bond donors (Lipinski definition) is 3. The largest absolute Gasteiger partial charge is 0.449 e. The normalized spacial score (nSPS) is 19.1. The Morgan fingerprint density at radius 1 is 1.41 bits per heavy atom. The van der Waals surface area contributed by atoms with Crippen molar-refractivity contribution < 1.29 is 9.53 Å². The molecule has 1 saturated carbocycles. The molecule has 0 bridgehead atoms. The highest BCUT2D eigenvalue weighted by Crippen LogP contribution is 2.41. The summed E-state index contributed by atoms with van der Waals surface area (Å²) in [4.78, 5) is 20.2. The summed E-state index contributed by atoms with van der Waals surface area (Å²) in [7, 11) is 0. The SMILES string of the molecule is CC(C)NC(=O)OCC1CC(c2cc(Nc3nccc4ncsc34)n[nH]2)C1. The maximum atomic E-state index is 11.5. The minimum absolute atomic E-state index is 0.0906. The summed E-state index contributed by atoms with van der Waals surface area (Å²) in [5.74, 6) is 2.33. The van der Waals surface area contributed by atoms with Gasteiger partial charge < -0.3 is 15.4 Å². The highest BCUT2D eigenvalue weighted by atomic mass is 32.1. The van der Waals surface area contributed by atoms with Gasteiger partial charge >= 0.3 is 6.09 Å². The van der Waals surface area contributed by atoms with E-state index in [1.807, 2.05) is 31.5 Å². The Bertz CT molecular complexity index is 931. The summed E-state index contributed by atoms with van der Waals surface area (Å²) in [5.41, 5.74) is 3.83. The first-order valence-electron chi connectivity index (χ1n) is 9.02. The van der Waals surface area contributed by atoms with Gasteiger partial charge in [0.15, 0.2) is 11.6 Å². The Hall–Kier alpha value is -2.68. The van der Waals surface area contributed by atoms with Gasteiger partial charge in [-0.25, -0.2) is 14.8 Å². The number of fused-ring (bicyclic) bond motifs is 1. The second-order valence-corrected chi connectivity index (χ2v) is 7.98. The predicted octanol–water partition coefficient (Wildman–Crippen LogP) is 3.79. The molecule has 1 fully saturated rings. The topological polar surface area (TPSA) is 105 Å². The molecule has 3 heterocycles. The molecule has 0 aromatic carbocycles. The molecular weight excluding hydrogens is 364 g/mol. The van der Waals surface area contributed by atoms with Crippen LogP contribution in [0.15, 0.2) is 23.8 Å². The summed E-state index contributed by atoms with van der Waals surface area (Å²) < 4.78 is 6.27. The van der Waals surface area contributed by atoms with Crippen molar-refractivity contribution >= 4 is 39.3 Å². The van der Waals surface area contributed by atoms with Crippen LogP contribution in [0.4, 0.5) is 16.4 Å². The van der Waals surface area contributed by atoms with Crippen LogP contribution in [-0.2, 0) is 4.74 Å². The number of amides is 1. The van der Waals surface area contributed by atoms with Crippen molar-refractivity contribution in [1.29, 1.82) is 0 Å². The Morgan fingerprint density at radius 2 is 2.26 bits per heavy atom. The fourth-order valence-corrected chi connectivity index (χ4v) is 3.94. The molecule has 0 atom stereocenters. The summed E-state index contributed by atoms with van der Waals surface area (Å²) in [6, 6.07) is 4.01. The molecular formula is C18H22N6O2S. The number of aromatic amines is 1. The number of hydrogen-bond acceptors (Lipinski definition) is 7. The van der Waals surface area contributed by atoms with E-state index in [4.69, 9.17) is 4.74 Å². The molecule has 142 valence electrons. The van der Waals surface area contributed by atoms with Gasteiger partial charge in [-0.05, 0) is 38.7 Å². The van der Waals surface area contributed by atoms with E-state index in [1.54, 1.807) is 17.5 Å². The van der Waals surface area contributed by atoms with Crippen molar-refractivity contribution in [2.75, 3.05) is 11.9 Å². The number of H-pyrrole nitrogens is 1. The van der Waals surface area contributed by atoms with Gasteiger partial charge in [0.1, 0.15) is 0 Å². The quantitative estimate of drug-likeness (QED) is 0.595. The van der Waals surface area contributed by atoms with Crippen LogP contribution in [-0.4, -0.2) is 38.9 Å². The lowest BCUT2D eigenvalue weighted by Crippen LogP contribution is -2.34. The molecule has 0 unspecified atom stereocenters. The van der Waals surface area contributed by atoms with Crippen LogP contribution < -0.4 is 10.6 Å². The average Bonchev–Trinajstić information content (AvgIpc) is 3.22. The monoisotopic (exact) mass is 386 g/mol. The maximum absolute atomic E-state index is 11.5. The molecule has 0 saturated heterocycles. The van der Waals surface area contributed by atoms with Gasteiger partial charge in [-0.3, -0.25) is 5.10 Å². The smallest absolute Gasteiger partial charge is 0.407 e. The van der Waals surface area contributed by atoms with Crippen LogP contribution in [0.3, 0.4) is 0 Å². The molecule has 0 radical (unpaired) electrons. The zero-order valence-electron chi connectivity index (χ0n) is 15.2. The number of nitrogens with one attached hydrogen (secondary N) is 3. The fourth-order valence-electron chi connectivity index (χ4n) is 3.21. The lowest BCUT2D eigenvalue weighted by Gasteiger charge is -2.34. The van der Waals surface area contributed by atoms with E-state index in [0.29, 0.717) is 18.4 Å². The summed E-state index contributed by atoms with van der Waals surface area (Å²) >= 11 is 1.55. The molecule has 0 spiro atoms. The molecule has 4 rings (SSSR count). The zero-order valence-corrected chi connectivity index (χ0v) is 16.0. The highest BCUT2D eigenvalue weighted by Gasteiger charge is 2.32. The molecule has 1 aliphatic rings. The number of anilines is 2. The van der Waals surface area contributed by atoms with Gasteiger partial charge in [0.2, 0.25) is 0 Å². The van der Waals surface area contributed by atoms with Gasteiger partial charge in [-0.2, -0.15) is 5.10 Å². The minimum atomic E-state index is -0.341. The number of nitrogens with zero attached hydrogens (tertiary/aromatic N) is 3. The van der Waals surface area contributed by atoms with E-state index in [2.05, 4.69) is 30.8 Å². The van der Waals surface area contributed by atoms with Crippen molar-refractivity contribution in [2.45, 2.75) is 38.6 Å². The van der Waals surface area contributed by atoms with Crippen LogP contribution in [0.2, 0.25) is 0 Å². The summed E-state index contributed by atoms with van der Waals surface area (Å²) in [5, 5.41) is 13.5. The molecule has 1 aliphatic carbocycles. The second-order valence-electron chi connectivity index (χ2n) is 7.13. The second kappa shape index (κ2) is 7.51. The standard InChI is InChI=1S/C18H22N6O2S/c1-10(2)21-18(25)26-8-11-5-12(6-11)14-7-15(24-23-14)22-17-16-13(3-4-19-17)20-9-27-16/h3-4,7,9-12H,5-6,8H2,1-2H3,(H,21,25)(H2,19,22,23,24). The van der Waals surface area contributed by atoms with Gasteiger partial charge in [0, 0.05) is 29.9 Å². The van der Waals surface area contributed by atoms with Gasteiger partial charge in [-0.15, -0.1) is 11.3 Å². The molecule has 0 aliphatic heterocycles. The number of alkyl carbamates (subject to hydrolysis) is 1. The molecule has 8 nitrogen and oxygen atoms in total. The third kappa shape index (κ3) is 4.02. The number of ether oxygens (including phenoxy) is 1. The zero-order chi connectivity index (χ0) is 18.8. The van der Waals surface area contributed by atoms with Crippen LogP contribution in [0.25, 0.3) is 10.2 Å². The molecule has 1 amide bonds. The number of aromatic nitrogens is 4. The summed E-state index contributed by atoms with van der Waals surface area (Å²) in [6.45, 7) is 4.29. The Morgan fingerprint density at radius 3 is 3.07 bits per heavy atom. The van der Waals surface area contributed by atoms with Crippen LogP contribution >= 0.6 is 11.3 Å². The van der Waals surface area contributed by atoms with E-state index in [9.17, 15) is 4.79 Å². The van der Waals surface area contributed by atoms with E-state index in [1.165, 1.54) is 0 Å². The average molecular weight is 386 g/mol. The molecule has 3 aromatic rings. The van der Waals surface area contributed by atoms with Crippen molar-refractivity contribution in [1.82, 2.24) is 25.5 Å². The molecule has 27 heavy (non-hydrogen) atoms. The lowest BCUT2D eigenvalue weighted by molar-refractivity contribution is 0.0924. The van der Waals surface area contributed by atoms with Crippen molar-refractivity contribution in [3.05, 3.63) is 29.5 Å². The fraction of sp³-hybridized carbons (Fsp3) is 0.444. The van der Waals surface area contributed by atoms with Gasteiger partial charge in [0.25, 0.3) is 0 Å². The molecule has 9 heteroatoms. The van der Waals surface area contributed by atoms with Gasteiger partial charge in [-0.1, -0.05) is 0 Å². The van der Waals surface area contributed by atoms with E-state index >= 15 is 0 Å². The lowest BCUT2D eigenvalue weighted by atomic mass is 9.74. The van der Waals surface area contributed by atoms with Crippen molar-refractivity contribution in [2.24, 2.45) is 5.92 Å². The number of rotatable bonds is 6. The van der Waals surface area contributed by atoms with Crippen LogP contribution in [0.1, 0.15) is 38.3 Å². The number of carbonyl (C=O) groups is 1. The number of pyridine rings is 1. The first-order chi connectivity index (χ1) is 13.1. The maximum Gasteiger partial charge on any atom is 0.407 e. The predicted molar refractivity (Wildman–Crippen MR) is 104 cm³/mol. The molecule has 3 N–H and O–H groups in total. The number of thiazole rings is 1. The Kier molecular flexibility index (Phi) is 4.93. The first kappa shape index (κ1) is 17.7. The summed E-state index contributed by atoms with van der Waals surface area (Å²) in [6.07, 6.45) is 3.37. The van der Waals surface area contributed by atoms with E-state index < -0.39 is 0 Å². The Balaban J connectivity index is 1.29. The van der Waals surface area contributed by atoms with Crippen LogP contribution in [0, 0.1) is 5.92 Å². The van der Waals surface area contributed by atoms with E-state index in [0.717, 1.165) is 40.4 Å². The Labute approximate surface area is 160 Å². The van der Waals surface area contributed by atoms with Gasteiger partial charge in [0.05, 0.1) is 22.3 Å². The number of carbonyl (C=O) groups excluding carboxylic acids is 1. The minimum Gasteiger partial charge on any atom is -0.449 e. The van der Waals surface area contributed by atoms with Crippen molar-refractivity contribution in [3.8, 4) is 0 Å².